The average molecular weight is 428 g/mol. The predicted octanol–water partition coefficient (Wildman–Crippen LogP) is 5.32. The molecule has 1 aliphatic rings. The van der Waals surface area contributed by atoms with Crippen molar-refractivity contribution in [2.75, 3.05) is 0 Å². The van der Waals surface area contributed by atoms with E-state index in [1.807, 2.05) is 31.2 Å². The summed E-state index contributed by atoms with van der Waals surface area (Å²) in [5, 5.41) is 9.62. The normalized spacial score (nSPS) is 15.5. The highest BCUT2D eigenvalue weighted by Crippen LogP contribution is 2.43. The van der Waals surface area contributed by atoms with Gasteiger partial charge in [0.25, 0.3) is 0 Å². The summed E-state index contributed by atoms with van der Waals surface area (Å²) in [4.78, 5) is 12.6. The lowest BCUT2D eigenvalue weighted by atomic mass is 9.87. The van der Waals surface area contributed by atoms with Crippen LogP contribution in [0.2, 0.25) is 0 Å². The first-order valence-corrected chi connectivity index (χ1v) is 10.3. The van der Waals surface area contributed by atoms with Gasteiger partial charge in [-0.05, 0) is 48.2 Å². The number of esters is 1. The lowest BCUT2D eigenvalue weighted by Gasteiger charge is -2.25. The van der Waals surface area contributed by atoms with Crippen LogP contribution >= 0.6 is 0 Å². The molecule has 0 amide bonds. The van der Waals surface area contributed by atoms with Crippen LogP contribution in [0.3, 0.4) is 0 Å². The summed E-state index contributed by atoms with van der Waals surface area (Å²) >= 11 is 0. The molecule has 0 saturated carbocycles. The number of carbonyl (C=O) groups excluding carboxylic acids is 1. The molecule has 2 aromatic carbocycles. The van der Waals surface area contributed by atoms with Gasteiger partial charge in [0.1, 0.15) is 34.7 Å². The van der Waals surface area contributed by atoms with E-state index in [-0.39, 0.29) is 16.9 Å². The first kappa shape index (κ1) is 21.3. The molecule has 0 radical (unpaired) electrons. The molecule has 162 valence electrons. The number of ether oxygens (including phenoxy) is 2. The van der Waals surface area contributed by atoms with E-state index in [0.29, 0.717) is 28.4 Å². The minimum absolute atomic E-state index is 0.000277. The van der Waals surface area contributed by atoms with E-state index in [1.54, 1.807) is 30.3 Å². The zero-order valence-corrected chi connectivity index (χ0v) is 18.4. The second kappa shape index (κ2) is 7.93. The van der Waals surface area contributed by atoms with Crippen molar-refractivity contribution in [3.05, 3.63) is 94.3 Å². The van der Waals surface area contributed by atoms with Gasteiger partial charge in [-0.2, -0.15) is 5.26 Å². The molecule has 0 spiro atoms. The van der Waals surface area contributed by atoms with Crippen molar-refractivity contribution in [1.82, 2.24) is 0 Å². The van der Waals surface area contributed by atoms with Gasteiger partial charge in [-0.3, -0.25) is 0 Å². The number of aryl methyl sites for hydroxylation is 1. The number of nitrogens with two attached hydrogens (primary N) is 1. The van der Waals surface area contributed by atoms with Crippen LogP contribution in [-0.4, -0.2) is 5.97 Å². The van der Waals surface area contributed by atoms with E-state index in [9.17, 15) is 10.1 Å². The van der Waals surface area contributed by atoms with Gasteiger partial charge in [-0.15, -0.1) is 0 Å². The summed E-state index contributed by atoms with van der Waals surface area (Å²) in [6.45, 7) is 8.17. The quantitative estimate of drug-likeness (QED) is 0.448. The summed E-state index contributed by atoms with van der Waals surface area (Å²) in [7, 11) is 0. The van der Waals surface area contributed by atoms with Crippen LogP contribution in [0.4, 0.5) is 0 Å². The lowest BCUT2D eigenvalue weighted by Crippen LogP contribution is -2.21. The van der Waals surface area contributed by atoms with Gasteiger partial charge in [-0.25, -0.2) is 4.79 Å². The summed E-state index contributed by atoms with van der Waals surface area (Å²) < 4.78 is 17.0. The minimum atomic E-state index is -0.493. The fourth-order valence-electron chi connectivity index (χ4n) is 3.67. The Morgan fingerprint density at radius 3 is 2.41 bits per heavy atom. The maximum absolute atomic E-state index is 12.6. The van der Waals surface area contributed by atoms with Crippen LogP contribution in [0.15, 0.2) is 70.5 Å². The standard InChI is InChI=1S/C26H24N2O4/c1-15-5-12-21(30-15)23-19-11-10-18(13-22(19)32-24(28)20(23)14-27)31-25(29)16-6-8-17(9-7-16)26(2,3)4/h5-13,23H,28H2,1-4H3. The molecular formula is C26H24N2O4. The maximum Gasteiger partial charge on any atom is 0.343 e. The number of nitriles is 1. The largest absolute Gasteiger partial charge is 0.465 e. The first-order chi connectivity index (χ1) is 15.2. The number of carbonyl (C=O) groups is 1. The Labute approximate surface area is 186 Å². The van der Waals surface area contributed by atoms with Crippen molar-refractivity contribution in [1.29, 1.82) is 5.26 Å². The van der Waals surface area contributed by atoms with Gasteiger partial charge in [-0.1, -0.05) is 39.0 Å². The number of furan rings is 1. The minimum Gasteiger partial charge on any atom is -0.465 e. The van der Waals surface area contributed by atoms with E-state index in [2.05, 4.69) is 26.8 Å². The molecule has 2 heterocycles. The molecule has 2 N–H and O–H groups in total. The molecule has 1 aliphatic heterocycles. The average Bonchev–Trinajstić information content (AvgIpc) is 3.18. The number of allylic oxidation sites excluding steroid dienone is 1. The fourth-order valence-corrected chi connectivity index (χ4v) is 3.67. The number of hydrogen-bond acceptors (Lipinski definition) is 6. The molecule has 6 heteroatoms. The Morgan fingerprint density at radius 2 is 1.81 bits per heavy atom. The number of benzene rings is 2. The molecule has 0 bridgehead atoms. The van der Waals surface area contributed by atoms with Crippen molar-refractivity contribution in [3.63, 3.8) is 0 Å². The summed E-state index contributed by atoms with van der Waals surface area (Å²) in [6.07, 6.45) is 0. The highest BCUT2D eigenvalue weighted by atomic mass is 16.5. The van der Waals surface area contributed by atoms with E-state index in [0.717, 1.165) is 11.3 Å². The van der Waals surface area contributed by atoms with E-state index in [4.69, 9.17) is 19.6 Å². The molecule has 1 atom stereocenters. The van der Waals surface area contributed by atoms with Gasteiger partial charge >= 0.3 is 5.97 Å². The van der Waals surface area contributed by atoms with Gasteiger partial charge in [0.15, 0.2) is 0 Å². The smallest absolute Gasteiger partial charge is 0.343 e. The topological polar surface area (TPSA) is 98.5 Å². The Bertz CT molecular complexity index is 1250. The number of fused-ring (bicyclic) bond motifs is 1. The van der Waals surface area contributed by atoms with Crippen LogP contribution in [0.25, 0.3) is 0 Å². The van der Waals surface area contributed by atoms with Crippen molar-refractivity contribution in [2.45, 2.75) is 39.0 Å². The molecule has 0 fully saturated rings. The number of rotatable bonds is 3. The van der Waals surface area contributed by atoms with Crippen LogP contribution in [-0.2, 0) is 5.41 Å². The molecule has 1 aromatic heterocycles. The van der Waals surface area contributed by atoms with E-state index in [1.165, 1.54) is 0 Å². The van der Waals surface area contributed by atoms with Crippen molar-refractivity contribution in [3.8, 4) is 17.6 Å². The third-order valence-electron chi connectivity index (χ3n) is 5.43. The summed E-state index contributed by atoms with van der Waals surface area (Å²) in [5.41, 5.74) is 8.58. The summed E-state index contributed by atoms with van der Waals surface area (Å²) in [6, 6.07) is 18.2. The second-order valence-corrected chi connectivity index (χ2v) is 8.79. The third-order valence-corrected chi connectivity index (χ3v) is 5.43. The van der Waals surface area contributed by atoms with Crippen LogP contribution in [0, 0.1) is 18.3 Å². The van der Waals surface area contributed by atoms with Crippen LogP contribution < -0.4 is 15.2 Å². The Kier molecular flexibility index (Phi) is 5.27. The molecule has 4 rings (SSSR count). The zero-order chi connectivity index (χ0) is 23.0. The van der Waals surface area contributed by atoms with Gasteiger partial charge in [0.2, 0.25) is 5.88 Å². The Hall–Kier alpha value is -3.98. The number of nitrogens with zero attached hydrogens (tertiary/aromatic N) is 1. The molecule has 0 aliphatic carbocycles. The molecule has 6 nitrogen and oxygen atoms in total. The van der Waals surface area contributed by atoms with Crippen LogP contribution in [0.5, 0.6) is 11.5 Å². The zero-order valence-electron chi connectivity index (χ0n) is 18.4. The Morgan fingerprint density at radius 1 is 1.09 bits per heavy atom. The molecule has 1 unspecified atom stereocenters. The first-order valence-electron chi connectivity index (χ1n) is 10.3. The summed E-state index contributed by atoms with van der Waals surface area (Å²) in [5.74, 6) is 1.08. The maximum atomic E-state index is 12.6. The van der Waals surface area contributed by atoms with E-state index < -0.39 is 11.9 Å². The van der Waals surface area contributed by atoms with E-state index >= 15 is 0 Å². The molecule has 3 aromatic rings. The predicted molar refractivity (Wildman–Crippen MR) is 119 cm³/mol. The van der Waals surface area contributed by atoms with Crippen molar-refractivity contribution < 1.29 is 18.7 Å². The Balaban J connectivity index is 1.62. The second-order valence-electron chi connectivity index (χ2n) is 8.79. The van der Waals surface area contributed by atoms with Gasteiger partial charge in [0, 0.05) is 11.6 Å². The fraction of sp³-hybridized carbons (Fsp3) is 0.231. The third kappa shape index (κ3) is 3.97. The SMILES string of the molecule is Cc1ccc(C2C(C#N)=C(N)Oc3cc(OC(=O)c4ccc(C(C)(C)C)cc4)ccc32)o1. The molecular weight excluding hydrogens is 404 g/mol. The lowest BCUT2D eigenvalue weighted by molar-refractivity contribution is 0.0734. The van der Waals surface area contributed by atoms with Crippen molar-refractivity contribution in [2.24, 2.45) is 5.73 Å². The molecule has 0 saturated heterocycles. The van der Waals surface area contributed by atoms with Gasteiger partial charge in [0.05, 0.1) is 11.5 Å². The highest BCUT2D eigenvalue weighted by molar-refractivity contribution is 5.91. The van der Waals surface area contributed by atoms with Crippen molar-refractivity contribution >= 4 is 5.97 Å². The van der Waals surface area contributed by atoms with Gasteiger partial charge < -0.3 is 19.6 Å². The molecule has 32 heavy (non-hydrogen) atoms. The van der Waals surface area contributed by atoms with Crippen LogP contribution in [0.1, 0.15) is 59.7 Å². The highest BCUT2D eigenvalue weighted by Gasteiger charge is 2.33. The monoisotopic (exact) mass is 428 g/mol. The number of hydrogen-bond donors (Lipinski definition) is 1.